The molecule has 134 valence electrons. The molecule has 1 amide bonds. The number of aryl methyl sites for hydroxylation is 1. The predicted octanol–water partition coefficient (Wildman–Crippen LogP) is 4.55. The van der Waals surface area contributed by atoms with Crippen molar-refractivity contribution in [1.29, 1.82) is 0 Å². The third kappa shape index (κ3) is 4.81. The van der Waals surface area contributed by atoms with Crippen molar-refractivity contribution in [2.75, 3.05) is 5.32 Å². The highest BCUT2D eigenvalue weighted by Gasteiger charge is 2.19. The molecule has 1 N–H and O–H groups in total. The monoisotopic (exact) mass is 340 g/mol. The van der Waals surface area contributed by atoms with Crippen LogP contribution in [-0.4, -0.2) is 10.5 Å². The zero-order valence-corrected chi connectivity index (χ0v) is 15.5. The van der Waals surface area contributed by atoms with Gasteiger partial charge in [-0.2, -0.15) is 0 Å². The van der Waals surface area contributed by atoms with E-state index in [2.05, 4.69) is 23.7 Å². The Balaban J connectivity index is 2.42. The van der Waals surface area contributed by atoms with E-state index < -0.39 is 0 Å². The second kappa shape index (κ2) is 9.21. The van der Waals surface area contributed by atoms with Crippen LogP contribution in [0.3, 0.4) is 0 Å². The lowest BCUT2D eigenvalue weighted by molar-refractivity contribution is 0.102. The van der Waals surface area contributed by atoms with E-state index in [-0.39, 0.29) is 16.9 Å². The van der Waals surface area contributed by atoms with Gasteiger partial charge in [-0.15, -0.1) is 0 Å². The molecule has 4 heteroatoms. The fourth-order valence-electron chi connectivity index (χ4n) is 3.12. The van der Waals surface area contributed by atoms with E-state index in [1.165, 1.54) is 0 Å². The van der Waals surface area contributed by atoms with Crippen molar-refractivity contribution < 1.29 is 4.79 Å². The van der Waals surface area contributed by atoms with Gasteiger partial charge in [-0.1, -0.05) is 51.3 Å². The van der Waals surface area contributed by atoms with Gasteiger partial charge < -0.3 is 9.88 Å². The maximum atomic E-state index is 12.8. The fourth-order valence-corrected chi connectivity index (χ4v) is 3.12. The van der Waals surface area contributed by atoms with Crippen LogP contribution in [0.15, 0.2) is 41.2 Å². The molecule has 1 aromatic carbocycles. The molecule has 0 atom stereocenters. The van der Waals surface area contributed by atoms with Crippen LogP contribution >= 0.6 is 0 Å². The first-order valence-corrected chi connectivity index (χ1v) is 9.18. The quantitative estimate of drug-likeness (QED) is 0.717. The number of benzene rings is 1. The van der Waals surface area contributed by atoms with Crippen molar-refractivity contribution in [3.05, 3.63) is 63.6 Å². The number of hydrogen-bond donors (Lipinski definition) is 1. The van der Waals surface area contributed by atoms with Gasteiger partial charge >= 0.3 is 0 Å². The molecule has 0 saturated heterocycles. The van der Waals surface area contributed by atoms with E-state index in [0.717, 1.165) is 50.0 Å². The van der Waals surface area contributed by atoms with E-state index in [1.54, 1.807) is 6.07 Å². The maximum absolute atomic E-state index is 12.8. The molecule has 2 rings (SSSR count). The number of hydrogen-bond acceptors (Lipinski definition) is 2. The number of unbranched alkanes of at least 4 members (excludes halogenated alkanes) is 2. The molecule has 0 bridgehead atoms. The number of nitrogens with one attached hydrogen (secondary N) is 1. The van der Waals surface area contributed by atoms with E-state index in [4.69, 9.17) is 0 Å². The second-order valence-corrected chi connectivity index (χ2v) is 6.40. The minimum absolute atomic E-state index is 0.193. The topological polar surface area (TPSA) is 51.1 Å². The number of amides is 1. The normalized spacial score (nSPS) is 10.7. The lowest BCUT2D eigenvalue weighted by Gasteiger charge is -2.20. The smallest absolute Gasteiger partial charge is 0.261 e. The molecule has 0 aliphatic heterocycles. The summed E-state index contributed by atoms with van der Waals surface area (Å²) in [5, 5.41) is 2.86. The van der Waals surface area contributed by atoms with Crippen LogP contribution in [0.25, 0.3) is 0 Å². The Morgan fingerprint density at radius 2 is 1.80 bits per heavy atom. The molecular formula is C21H28N2O2. The first-order valence-electron chi connectivity index (χ1n) is 9.18. The summed E-state index contributed by atoms with van der Waals surface area (Å²) in [6, 6.07) is 10.9. The highest BCUT2D eigenvalue weighted by molar-refractivity contribution is 6.05. The Bertz CT molecular complexity index is 763. The van der Waals surface area contributed by atoms with Crippen molar-refractivity contribution in [3.63, 3.8) is 0 Å². The Kier molecular flexibility index (Phi) is 6.99. The van der Waals surface area contributed by atoms with Gasteiger partial charge in [0.2, 0.25) is 0 Å². The third-order valence-corrected chi connectivity index (χ3v) is 4.36. The summed E-state index contributed by atoms with van der Waals surface area (Å²) in [4.78, 5) is 25.4. The summed E-state index contributed by atoms with van der Waals surface area (Å²) in [6.45, 7) is 7.04. The number of para-hydroxylation sites is 1. The van der Waals surface area contributed by atoms with Gasteiger partial charge in [0.05, 0.1) is 0 Å². The van der Waals surface area contributed by atoms with Crippen LogP contribution in [0, 0.1) is 6.92 Å². The Hall–Kier alpha value is -2.36. The van der Waals surface area contributed by atoms with Crippen LogP contribution in [0.1, 0.15) is 61.3 Å². The SMILES string of the molecule is CCCCCn1c(C)cc(=O)c(C(=O)Nc2ccccc2)c1CCC. The summed E-state index contributed by atoms with van der Waals surface area (Å²) < 4.78 is 2.15. The molecule has 0 aliphatic rings. The molecule has 0 fully saturated rings. The zero-order valence-electron chi connectivity index (χ0n) is 15.5. The number of carbonyl (C=O) groups is 1. The molecule has 1 aromatic heterocycles. The number of rotatable bonds is 8. The highest BCUT2D eigenvalue weighted by atomic mass is 16.2. The van der Waals surface area contributed by atoms with Crippen LogP contribution < -0.4 is 10.7 Å². The van der Waals surface area contributed by atoms with Crippen LogP contribution in [0.5, 0.6) is 0 Å². The Labute approximate surface area is 149 Å². The van der Waals surface area contributed by atoms with Crippen molar-refractivity contribution in [3.8, 4) is 0 Å². The van der Waals surface area contributed by atoms with Gasteiger partial charge in [-0.05, 0) is 31.9 Å². The predicted molar refractivity (Wildman–Crippen MR) is 103 cm³/mol. The minimum Gasteiger partial charge on any atom is -0.348 e. The minimum atomic E-state index is -0.316. The average Bonchev–Trinajstić information content (AvgIpc) is 2.58. The average molecular weight is 340 g/mol. The molecule has 2 aromatic rings. The number of anilines is 1. The highest BCUT2D eigenvalue weighted by Crippen LogP contribution is 2.15. The Morgan fingerprint density at radius 1 is 1.08 bits per heavy atom. The molecule has 0 unspecified atom stereocenters. The summed E-state index contributed by atoms with van der Waals surface area (Å²) in [6.07, 6.45) is 4.95. The molecule has 0 spiro atoms. The van der Waals surface area contributed by atoms with Gasteiger partial charge in [-0.3, -0.25) is 9.59 Å². The van der Waals surface area contributed by atoms with E-state index in [9.17, 15) is 9.59 Å². The molecule has 0 radical (unpaired) electrons. The molecular weight excluding hydrogens is 312 g/mol. The largest absolute Gasteiger partial charge is 0.348 e. The first kappa shape index (κ1) is 19.0. The zero-order chi connectivity index (χ0) is 18.2. The van der Waals surface area contributed by atoms with Crippen molar-refractivity contribution in [2.45, 2.75) is 59.4 Å². The maximum Gasteiger partial charge on any atom is 0.261 e. The molecule has 0 saturated carbocycles. The number of carbonyl (C=O) groups excluding carboxylic acids is 1. The summed E-state index contributed by atoms with van der Waals surface area (Å²) >= 11 is 0. The standard InChI is InChI=1S/C21H28N2O2/c1-4-6-10-14-23-16(3)15-19(24)20(18(23)11-5-2)21(25)22-17-12-8-7-9-13-17/h7-9,12-13,15H,4-6,10-11,14H2,1-3H3,(H,22,25). The van der Waals surface area contributed by atoms with Crippen LogP contribution in [0.2, 0.25) is 0 Å². The fraction of sp³-hybridized carbons (Fsp3) is 0.429. The third-order valence-electron chi connectivity index (χ3n) is 4.36. The van der Waals surface area contributed by atoms with Gasteiger partial charge in [0.1, 0.15) is 5.56 Å². The van der Waals surface area contributed by atoms with Gasteiger partial charge in [0, 0.05) is 29.7 Å². The summed E-state index contributed by atoms with van der Waals surface area (Å²) in [5.41, 5.74) is 2.58. The summed E-state index contributed by atoms with van der Waals surface area (Å²) in [7, 11) is 0. The summed E-state index contributed by atoms with van der Waals surface area (Å²) in [5.74, 6) is -0.316. The molecule has 1 heterocycles. The van der Waals surface area contributed by atoms with Crippen LogP contribution in [0.4, 0.5) is 5.69 Å². The lowest BCUT2D eigenvalue weighted by Crippen LogP contribution is -2.28. The van der Waals surface area contributed by atoms with E-state index >= 15 is 0 Å². The van der Waals surface area contributed by atoms with Crippen molar-refractivity contribution in [2.24, 2.45) is 0 Å². The van der Waals surface area contributed by atoms with Gasteiger partial charge in [0.15, 0.2) is 5.43 Å². The van der Waals surface area contributed by atoms with Crippen molar-refractivity contribution >= 4 is 11.6 Å². The number of pyridine rings is 1. The van der Waals surface area contributed by atoms with Gasteiger partial charge in [-0.25, -0.2) is 0 Å². The van der Waals surface area contributed by atoms with E-state index in [1.807, 2.05) is 37.3 Å². The van der Waals surface area contributed by atoms with Gasteiger partial charge in [0.25, 0.3) is 5.91 Å². The number of nitrogens with zero attached hydrogens (tertiary/aromatic N) is 1. The van der Waals surface area contributed by atoms with Crippen LogP contribution in [-0.2, 0) is 13.0 Å². The Morgan fingerprint density at radius 3 is 2.44 bits per heavy atom. The second-order valence-electron chi connectivity index (χ2n) is 6.40. The van der Waals surface area contributed by atoms with Crippen molar-refractivity contribution in [1.82, 2.24) is 4.57 Å². The molecule has 0 aliphatic carbocycles. The molecule has 4 nitrogen and oxygen atoms in total. The molecule has 25 heavy (non-hydrogen) atoms. The number of aromatic nitrogens is 1. The first-order chi connectivity index (χ1) is 12.1. The van der Waals surface area contributed by atoms with E-state index in [0.29, 0.717) is 5.69 Å². The lowest BCUT2D eigenvalue weighted by atomic mass is 10.1.